The lowest BCUT2D eigenvalue weighted by Crippen LogP contribution is -2.29. The van der Waals surface area contributed by atoms with Gasteiger partial charge >= 0.3 is 13.1 Å². The van der Waals surface area contributed by atoms with Crippen molar-refractivity contribution in [2.75, 3.05) is 0 Å². The van der Waals surface area contributed by atoms with Crippen molar-refractivity contribution in [2.24, 2.45) is 0 Å². The van der Waals surface area contributed by atoms with Crippen molar-refractivity contribution >= 4 is 18.6 Å². The van der Waals surface area contributed by atoms with Gasteiger partial charge in [0.2, 0.25) is 6.36 Å². The zero-order valence-electron chi connectivity index (χ0n) is 9.47. The number of hydrogen-bond acceptors (Lipinski definition) is 4. The van der Waals surface area contributed by atoms with Crippen LogP contribution in [0.1, 0.15) is 30.1 Å². The lowest BCUT2D eigenvalue weighted by Gasteiger charge is -2.09. The quantitative estimate of drug-likeness (QED) is 0.584. The molecule has 0 aliphatic heterocycles. The molecular formula is C11H14BFO4. The summed E-state index contributed by atoms with van der Waals surface area (Å²) in [7, 11) is -1.59. The Labute approximate surface area is 99.2 Å². The Morgan fingerprint density at radius 2 is 2.00 bits per heavy atom. The van der Waals surface area contributed by atoms with E-state index in [4.69, 9.17) is 10.0 Å². The van der Waals surface area contributed by atoms with Gasteiger partial charge in [0, 0.05) is 6.42 Å². The average molecular weight is 240 g/mol. The number of ether oxygens (including phenoxy) is 1. The first-order valence-corrected chi connectivity index (χ1v) is 5.35. The lowest BCUT2D eigenvalue weighted by atomic mass is 9.80. The number of benzene rings is 1. The van der Waals surface area contributed by atoms with Gasteiger partial charge in [0.1, 0.15) is 0 Å². The van der Waals surface area contributed by atoms with Crippen molar-refractivity contribution in [1.29, 1.82) is 0 Å². The molecule has 0 fully saturated rings. The average Bonchev–Trinajstić information content (AvgIpc) is 2.29. The molecule has 0 aromatic heterocycles. The summed E-state index contributed by atoms with van der Waals surface area (Å²) < 4.78 is 17.6. The highest BCUT2D eigenvalue weighted by Crippen LogP contribution is 2.08. The molecule has 0 aliphatic carbocycles. The maximum absolute atomic E-state index is 13.0. The Morgan fingerprint density at radius 3 is 2.47 bits per heavy atom. The maximum atomic E-state index is 13.0. The molecule has 2 N–H and O–H groups in total. The summed E-state index contributed by atoms with van der Waals surface area (Å²) in [5.41, 5.74) is 0.431. The molecule has 1 aromatic carbocycles. The monoisotopic (exact) mass is 240 g/mol. The van der Waals surface area contributed by atoms with E-state index in [-0.39, 0.29) is 17.4 Å². The van der Waals surface area contributed by atoms with Gasteiger partial charge in [0.05, 0.1) is 5.56 Å². The van der Waals surface area contributed by atoms with Gasteiger partial charge in [-0.05, 0) is 24.0 Å². The van der Waals surface area contributed by atoms with Crippen LogP contribution in [-0.4, -0.2) is 29.5 Å². The molecule has 0 aliphatic rings. The van der Waals surface area contributed by atoms with E-state index in [1.165, 1.54) is 24.3 Å². The Kier molecular flexibility index (Phi) is 5.12. The van der Waals surface area contributed by atoms with E-state index in [1.54, 1.807) is 6.92 Å². The van der Waals surface area contributed by atoms with Crippen LogP contribution in [0.3, 0.4) is 0 Å². The third kappa shape index (κ3) is 4.16. The normalized spacial score (nSPS) is 12.0. The predicted molar refractivity (Wildman–Crippen MR) is 61.5 cm³/mol. The second kappa shape index (κ2) is 6.37. The van der Waals surface area contributed by atoms with Crippen LogP contribution < -0.4 is 5.46 Å². The van der Waals surface area contributed by atoms with Crippen LogP contribution in [0.4, 0.5) is 4.39 Å². The van der Waals surface area contributed by atoms with Crippen LogP contribution in [0, 0.1) is 0 Å². The molecule has 0 spiro atoms. The summed E-state index contributed by atoms with van der Waals surface area (Å²) >= 11 is 0. The second-order valence-corrected chi connectivity index (χ2v) is 3.60. The Bertz CT molecular complexity index is 366. The Balaban J connectivity index is 2.63. The van der Waals surface area contributed by atoms with Gasteiger partial charge in [-0.25, -0.2) is 9.18 Å². The number of halogens is 1. The van der Waals surface area contributed by atoms with Gasteiger partial charge < -0.3 is 14.8 Å². The first kappa shape index (κ1) is 13.7. The van der Waals surface area contributed by atoms with E-state index in [9.17, 15) is 9.18 Å². The van der Waals surface area contributed by atoms with Gasteiger partial charge in [-0.1, -0.05) is 19.1 Å². The maximum Gasteiger partial charge on any atom is 0.488 e. The molecule has 1 unspecified atom stereocenters. The summed E-state index contributed by atoms with van der Waals surface area (Å²) in [4.78, 5) is 11.4. The number of hydrogen-bond donors (Lipinski definition) is 2. The minimum atomic E-state index is -1.60. The van der Waals surface area contributed by atoms with Crippen LogP contribution in [0.2, 0.25) is 0 Å². The molecule has 17 heavy (non-hydrogen) atoms. The molecule has 4 nitrogen and oxygen atoms in total. The van der Waals surface area contributed by atoms with Gasteiger partial charge in [-0.2, -0.15) is 0 Å². The minimum Gasteiger partial charge on any atom is -0.428 e. The van der Waals surface area contributed by atoms with Crippen molar-refractivity contribution in [3.8, 4) is 0 Å². The standard InChI is InChI=1S/C11H14BFO4/c1-2-3-10(13)17-11(14)8-4-6-9(7-5-8)12(15)16/h4-7,10,15-16H,2-3H2,1H3. The van der Waals surface area contributed by atoms with Crippen molar-refractivity contribution in [2.45, 2.75) is 26.1 Å². The van der Waals surface area contributed by atoms with Crippen molar-refractivity contribution in [1.82, 2.24) is 0 Å². The third-order valence-corrected chi connectivity index (χ3v) is 2.20. The Hall–Kier alpha value is -1.40. The van der Waals surface area contributed by atoms with E-state index in [2.05, 4.69) is 4.74 Å². The van der Waals surface area contributed by atoms with E-state index < -0.39 is 19.4 Å². The highest BCUT2D eigenvalue weighted by Gasteiger charge is 2.15. The number of alkyl halides is 1. The van der Waals surface area contributed by atoms with Crippen LogP contribution in [0.15, 0.2) is 24.3 Å². The predicted octanol–water partition coefficient (Wildman–Crippen LogP) is 0.619. The number of esters is 1. The van der Waals surface area contributed by atoms with Gasteiger partial charge in [-0.15, -0.1) is 0 Å². The van der Waals surface area contributed by atoms with Gasteiger partial charge in [-0.3, -0.25) is 0 Å². The van der Waals surface area contributed by atoms with Crippen molar-refractivity contribution in [3.05, 3.63) is 29.8 Å². The minimum absolute atomic E-state index is 0.166. The van der Waals surface area contributed by atoms with Crippen LogP contribution in [0.25, 0.3) is 0 Å². The lowest BCUT2D eigenvalue weighted by molar-refractivity contribution is -0.0187. The van der Waals surface area contributed by atoms with E-state index in [0.29, 0.717) is 6.42 Å². The first-order chi connectivity index (χ1) is 8.04. The summed E-state index contributed by atoms with van der Waals surface area (Å²) in [5, 5.41) is 17.7. The van der Waals surface area contributed by atoms with E-state index in [0.717, 1.165) is 0 Å². The highest BCUT2D eigenvalue weighted by molar-refractivity contribution is 6.58. The molecule has 1 rings (SSSR count). The molecule has 6 heteroatoms. The summed E-state index contributed by atoms with van der Waals surface area (Å²) in [6.07, 6.45) is -0.848. The molecule has 0 radical (unpaired) electrons. The van der Waals surface area contributed by atoms with Gasteiger partial charge in [0.15, 0.2) is 0 Å². The summed E-state index contributed by atoms with van der Waals surface area (Å²) in [6.45, 7) is 1.79. The number of rotatable bonds is 5. The number of carbonyl (C=O) groups excluding carboxylic acids is 1. The van der Waals surface area contributed by atoms with Crippen LogP contribution >= 0.6 is 0 Å². The molecule has 92 valence electrons. The van der Waals surface area contributed by atoms with Crippen molar-refractivity contribution in [3.63, 3.8) is 0 Å². The molecule has 0 saturated heterocycles. The molecule has 0 amide bonds. The summed E-state index contributed by atoms with van der Waals surface area (Å²) in [6, 6.07) is 5.45. The molecular weight excluding hydrogens is 226 g/mol. The van der Waals surface area contributed by atoms with E-state index in [1.807, 2.05) is 0 Å². The Morgan fingerprint density at radius 1 is 1.41 bits per heavy atom. The SMILES string of the molecule is CCCC(F)OC(=O)c1ccc(B(O)O)cc1. The van der Waals surface area contributed by atoms with Crippen LogP contribution in [-0.2, 0) is 4.74 Å². The summed E-state index contributed by atoms with van der Waals surface area (Å²) in [5.74, 6) is -0.759. The third-order valence-electron chi connectivity index (χ3n) is 2.20. The molecule has 0 saturated carbocycles. The smallest absolute Gasteiger partial charge is 0.428 e. The molecule has 0 heterocycles. The molecule has 1 aromatic rings. The fourth-order valence-electron chi connectivity index (χ4n) is 1.26. The van der Waals surface area contributed by atoms with Crippen molar-refractivity contribution < 1.29 is 24.0 Å². The molecule has 1 atom stereocenters. The topological polar surface area (TPSA) is 66.8 Å². The first-order valence-electron chi connectivity index (χ1n) is 5.35. The zero-order valence-corrected chi connectivity index (χ0v) is 9.47. The highest BCUT2D eigenvalue weighted by atomic mass is 19.1. The fourth-order valence-corrected chi connectivity index (χ4v) is 1.26. The van der Waals surface area contributed by atoms with Gasteiger partial charge in [0.25, 0.3) is 0 Å². The number of carbonyl (C=O) groups is 1. The van der Waals surface area contributed by atoms with Crippen LogP contribution in [0.5, 0.6) is 0 Å². The largest absolute Gasteiger partial charge is 0.488 e. The molecule has 0 bridgehead atoms. The van der Waals surface area contributed by atoms with E-state index >= 15 is 0 Å². The second-order valence-electron chi connectivity index (χ2n) is 3.60. The fraction of sp³-hybridized carbons (Fsp3) is 0.364. The zero-order chi connectivity index (χ0) is 12.8.